The van der Waals surface area contributed by atoms with E-state index in [1.54, 1.807) is 27.8 Å². The van der Waals surface area contributed by atoms with Crippen LogP contribution < -0.4 is 10.1 Å². The molecule has 13 heteroatoms. The zero-order chi connectivity index (χ0) is 42.5. The molecule has 3 aromatic carbocycles. The predicted octanol–water partition coefficient (Wildman–Crippen LogP) is 9.09. The molecule has 6 atom stereocenters. The zero-order valence-electron chi connectivity index (χ0n) is 34.9. The summed E-state index contributed by atoms with van der Waals surface area (Å²) in [6.45, 7) is 4.54. The molecule has 3 unspecified atom stereocenters. The lowest BCUT2D eigenvalue weighted by Crippen LogP contribution is -2.51. The van der Waals surface area contributed by atoms with Crippen molar-refractivity contribution in [3.05, 3.63) is 107 Å². The van der Waals surface area contributed by atoms with Crippen LogP contribution in [0.2, 0.25) is 0 Å². The van der Waals surface area contributed by atoms with Gasteiger partial charge in [0.15, 0.2) is 0 Å². The minimum atomic E-state index is -2.73. The van der Waals surface area contributed by atoms with E-state index in [1.165, 1.54) is 0 Å². The van der Waals surface area contributed by atoms with Gasteiger partial charge in [0.2, 0.25) is 0 Å². The fourth-order valence-electron chi connectivity index (χ4n) is 10.3. The molecular weight excluding hydrogens is 827 g/mol. The molecule has 0 bridgehead atoms. The van der Waals surface area contributed by atoms with E-state index < -0.39 is 17.9 Å². The number of hydrogen-bond donors (Lipinski definition) is 1. The molecule has 1 amide bonds. The highest BCUT2D eigenvalue weighted by atomic mass is 33.1. The number of aromatic nitrogens is 1. The Balaban J connectivity index is 0.769. The molecule has 5 aliphatic rings. The molecule has 4 aliphatic carbocycles. The van der Waals surface area contributed by atoms with Crippen LogP contribution in [0.4, 0.5) is 13.6 Å². The largest absolute Gasteiger partial charge is 0.489 e. The van der Waals surface area contributed by atoms with Crippen molar-refractivity contribution >= 4 is 44.6 Å². The third-order valence-electron chi connectivity index (χ3n) is 13.4. The van der Waals surface area contributed by atoms with Crippen molar-refractivity contribution in [3.8, 4) is 17.6 Å². The summed E-state index contributed by atoms with van der Waals surface area (Å²) in [5.41, 5.74) is 4.73. The van der Waals surface area contributed by atoms with E-state index in [9.17, 15) is 9.59 Å². The number of amides is 1. The van der Waals surface area contributed by atoms with E-state index in [2.05, 4.69) is 38.0 Å². The third kappa shape index (κ3) is 9.74. The number of ether oxygens (including phenoxy) is 3. The molecule has 2 heterocycles. The lowest BCUT2D eigenvalue weighted by atomic mass is 9.64. The summed E-state index contributed by atoms with van der Waals surface area (Å²) < 4.78 is 48.6. The van der Waals surface area contributed by atoms with Crippen molar-refractivity contribution < 1.29 is 32.6 Å². The van der Waals surface area contributed by atoms with Crippen molar-refractivity contribution in [2.24, 2.45) is 17.8 Å². The van der Waals surface area contributed by atoms with Crippen molar-refractivity contribution in [2.75, 3.05) is 64.0 Å². The molecular formula is C49H54F2N4O5S2. The Morgan fingerprint density at radius 3 is 2.32 bits per heavy atom. The summed E-state index contributed by atoms with van der Waals surface area (Å²) in [6.07, 6.45) is 5.08. The molecule has 1 aliphatic heterocycles. The monoisotopic (exact) mass is 880 g/mol. The maximum atomic E-state index is 15.3. The number of alkyl halides is 2. The number of nitrogens with zero attached hydrogens (tertiary/aromatic N) is 3. The highest BCUT2D eigenvalue weighted by Gasteiger charge is 2.59. The Morgan fingerprint density at radius 2 is 1.56 bits per heavy atom. The predicted molar refractivity (Wildman–Crippen MR) is 241 cm³/mol. The first-order chi connectivity index (χ1) is 30.3. The number of pyridine rings is 1. The van der Waals surface area contributed by atoms with Gasteiger partial charge in [-0.25, -0.2) is 13.6 Å². The van der Waals surface area contributed by atoms with Gasteiger partial charge in [0, 0.05) is 87.5 Å². The Morgan fingerprint density at radius 1 is 0.855 bits per heavy atom. The van der Waals surface area contributed by atoms with E-state index >= 15 is 8.78 Å². The van der Waals surface area contributed by atoms with Crippen molar-refractivity contribution in [3.63, 3.8) is 0 Å². The smallest absolute Gasteiger partial charge is 0.407 e. The summed E-state index contributed by atoms with van der Waals surface area (Å²) in [5.74, 6) is 6.11. The molecule has 1 aromatic heterocycles. The first-order valence-electron chi connectivity index (χ1n) is 22.1. The normalized spacial score (nSPS) is 25.3. The standard InChI is InChI=1S/C49H54F2N4O5S2/c50-49(51)29-41-36-13-5-7-15-38(36)47(39-16-8-6-14-37(39)46(41)49)55-25-23-54(24-26-55)30-33(31-58-44-19-9-18-43-40(44)17-10-21-52-43)60-45(56)20-27-61-62-28-22-53-48(57)59-32-42-34-11-3-1-2-4-12-35(34)42/h5-10,13-19,21,33-35,41-42,46-47H,3-4,11-12,20,22-32H2,(H,53,57)/t33-,34?,35?,41-,42?,46+,47?/m1/s1. The first kappa shape index (κ1) is 42.9. The Kier molecular flexibility index (Phi) is 13.6. The van der Waals surface area contributed by atoms with Crippen LogP contribution in [0.1, 0.15) is 78.7 Å². The van der Waals surface area contributed by atoms with Gasteiger partial charge in [-0.1, -0.05) is 76.2 Å². The first-order valence-corrected chi connectivity index (χ1v) is 24.6. The molecule has 326 valence electrons. The molecule has 1 saturated heterocycles. The summed E-state index contributed by atoms with van der Waals surface area (Å²) in [7, 11) is 3.18. The second-order valence-corrected chi connectivity index (χ2v) is 19.8. The van der Waals surface area contributed by atoms with Crippen molar-refractivity contribution in [1.82, 2.24) is 20.1 Å². The number of hydrogen-bond acceptors (Lipinski definition) is 10. The number of alkyl carbamates (subject to hydrolysis) is 1. The zero-order valence-corrected chi connectivity index (χ0v) is 36.5. The number of esters is 1. The van der Waals surface area contributed by atoms with Gasteiger partial charge in [-0.3, -0.25) is 19.6 Å². The van der Waals surface area contributed by atoms with Gasteiger partial charge >= 0.3 is 12.1 Å². The van der Waals surface area contributed by atoms with Crippen LogP contribution in [-0.4, -0.2) is 103 Å². The summed E-state index contributed by atoms with van der Waals surface area (Å²) in [6, 6.07) is 25.5. The van der Waals surface area contributed by atoms with Gasteiger partial charge in [0.25, 0.3) is 5.92 Å². The molecule has 0 radical (unpaired) electrons. The number of benzene rings is 3. The highest BCUT2D eigenvalue weighted by Crippen LogP contribution is 2.63. The van der Waals surface area contributed by atoms with Gasteiger partial charge in [0.05, 0.1) is 30.5 Å². The van der Waals surface area contributed by atoms with Crippen molar-refractivity contribution in [1.29, 1.82) is 0 Å². The second kappa shape index (κ2) is 19.6. The molecule has 62 heavy (non-hydrogen) atoms. The van der Waals surface area contributed by atoms with Crippen LogP contribution >= 0.6 is 21.6 Å². The summed E-state index contributed by atoms with van der Waals surface area (Å²) >= 11 is 0. The number of halogens is 2. The average molecular weight is 881 g/mol. The minimum Gasteiger partial charge on any atom is -0.489 e. The molecule has 1 N–H and O–H groups in total. The lowest BCUT2D eigenvalue weighted by Gasteiger charge is -2.45. The maximum absolute atomic E-state index is 15.3. The van der Waals surface area contributed by atoms with E-state index in [-0.39, 0.29) is 43.5 Å². The molecule has 9 nitrogen and oxygen atoms in total. The van der Waals surface area contributed by atoms with Gasteiger partial charge in [-0.15, -0.1) is 11.8 Å². The van der Waals surface area contributed by atoms with Crippen LogP contribution in [-0.2, 0) is 14.3 Å². The number of nitrogens with one attached hydrogen (secondary N) is 1. The van der Waals surface area contributed by atoms with Gasteiger partial charge in [0.1, 0.15) is 18.5 Å². The summed E-state index contributed by atoms with van der Waals surface area (Å²) in [4.78, 5) is 34.8. The quantitative estimate of drug-likeness (QED) is 0.0509. The fraction of sp³-hybridized carbons (Fsp3) is 0.490. The SMILES string of the molecule is O=C(CCSSCCNC(=O)OCC1C2CCC#CCCC21)O[C@@H](COc1cccc2ncccc12)CN1CCN(C2c3ccccc3[C@H]3CC(F)(F)[C@H]3c3ccccc32)CC1. The second-order valence-electron chi connectivity index (χ2n) is 17.1. The fourth-order valence-corrected chi connectivity index (χ4v) is 12.2. The Labute approximate surface area is 370 Å². The van der Waals surface area contributed by atoms with E-state index in [1.807, 2.05) is 72.8 Å². The van der Waals surface area contributed by atoms with E-state index in [0.29, 0.717) is 54.7 Å². The number of carbonyl (C=O) groups excluding carboxylic acids is 2. The molecule has 3 fully saturated rings. The molecule has 9 rings (SSSR count). The van der Waals surface area contributed by atoms with Crippen LogP contribution in [0.15, 0.2) is 85.1 Å². The topological polar surface area (TPSA) is 93.2 Å². The average Bonchev–Trinajstić information content (AvgIpc) is 3.95. The van der Waals surface area contributed by atoms with Crippen LogP contribution in [0.3, 0.4) is 0 Å². The van der Waals surface area contributed by atoms with Gasteiger partial charge in [-0.05, 0) is 77.1 Å². The Hall–Kier alpha value is -4.35. The maximum Gasteiger partial charge on any atom is 0.407 e. The molecule has 0 spiro atoms. The van der Waals surface area contributed by atoms with Crippen molar-refractivity contribution in [2.45, 2.75) is 68.4 Å². The van der Waals surface area contributed by atoms with E-state index in [0.717, 1.165) is 85.0 Å². The summed E-state index contributed by atoms with van der Waals surface area (Å²) in [5, 5.41) is 3.74. The van der Waals surface area contributed by atoms with E-state index in [4.69, 9.17) is 14.2 Å². The Bertz CT molecular complexity index is 2260. The molecule has 4 aromatic rings. The number of fused-ring (bicyclic) bond motifs is 7. The van der Waals surface area contributed by atoms with Crippen LogP contribution in [0.5, 0.6) is 5.75 Å². The minimum absolute atomic E-state index is 0.119. The number of rotatable bonds is 16. The highest BCUT2D eigenvalue weighted by molar-refractivity contribution is 8.76. The van der Waals surface area contributed by atoms with Gasteiger partial charge < -0.3 is 19.5 Å². The van der Waals surface area contributed by atoms with Crippen LogP contribution in [0, 0.1) is 29.6 Å². The number of carbonyl (C=O) groups is 2. The van der Waals surface area contributed by atoms with Crippen LogP contribution in [0.25, 0.3) is 10.9 Å². The lowest BCUT2D eigenvalue weighted by molar-refractivity contribution is -0.151. The molecule has 2 saturated carbocycles. The van der Waals surface area contributed by atoms with Gasteiger partial charge in [-0.2, -0.15) is 0 Å². The third-order valence-corrected chi connectivity index (χ3v) is 15.8. The number of piperazine rings is 1.